The normalized spacial score (nSPS) is 11.3. The van der Waals surface area contributed by atoms with E-state index in [4.69, 9.17) is 0 Å². The van der Waals surface area contributed by atoms with Crippen molar-refractivity contribution < 1.29 is 4.39 Å². The Bertz CT molecular complexity index is 977. The zero-order valence-corrected chi connectivity index (χ0v) is 13.2. The number of halogens is 2. The molecule has 0 saturated carbocycles. The monoisotopic (exact) mass is 357 g/mol. The van der Waals surface area contributed by atoms with Gasteiger partial charge in [0.1, 0.15) is 10.8 Å². The molecule has 0 spiro atoms. The summed E-state index contributed by atoms with van der Waals surface area (Å²) in [4.78, 5) is 4.64. The van der Waals surface area contributed by atoms with E-state index in [9.17, 15) is 4.39 Å². The highest BCUT2D eigenvalue weighted by Gasteiger charge is 2.11. The first-order valence-electron chi connectivity index (χ1n) is 6.46. The second-order valence-corrected chi connectivity index (χ2v) is 6.66. The van der Waals surface area contributed by atoms with Crippen LogP contribution in [0.1, 0.15) is 0 Å². The maximum atomic E-state index is 13.3. The molecule has 4 heteroatoms. The van der Waals surface area contributed by atoms with Crippen molar-refractivity contribution in [2.75, 3.05) is 0 Å². The Morgan fingerprint density at radius 3 is 2.67 bits per heavy atom. The Morgan fingerprint density at radius 2 is 1.76 bits per heavy atom. The predicted octanol–water partition coefficient (Wildman–Crippen LogP) is 6.02. The average molecular weight is 358 g/mol. The number of nitrogens with zero attached hydrogens (tertiary/aromatic N) is 1. The van der Waals surface area contributed by atoms with E-state index in [1.54, 1.807) is 6.07 Å². The molecule has 1 aromatic heterocycles. The van der Waals surface area contributed by atoms with Crippen LogP contribution in [0.15, 0.2) is 59.1 Å². The van der Waals surface area contributed by atoms with Gasteiger partial charge in [-0.1, -0.05) is 46.3 Å². The first kappa shape index (κ1) is 12.9. The lowest BCUT2D eigenvalue weighted by Gasteiger charge is -2.05. The van der Waals surface area contributed by atoms with Gasteiger partial charge in [0, 0.05) is 10.0 Å². The van der Waals surface area contributed by atoms with Crippen molar-refractivity contribution in [1.29, 1.82) is 0 Å². The third kappa shape index (κ3) is 2.15. The summed E-state index contributed by atoms with van der Waals surface area (Å²) in [7, 11) is 0. The molecule has 0 unspecified atom stereocenters. The molecule has 0 fully saturated rings. The summed E-state index contributed by atoms with van der Waals surface area (Å²) in [6, 6.07) is 17.0. The summed E-state index contributed by atoms with van der Waals surface area (Å²) in [5.74, 6) is -0.224. The third-order valence-electron chi connectivity index (χ3n) is 3.45. The smallest absolute Gasteiger partial charge is 0.125 e. The van der Waals surface area contributed by atoms with Gasteiger partial charge in [-0.05, 0) is 35.0 Å². The van der Waals surface area contributed by atoms with E-state index in [1.807, 2.05) is 18.2 Å². The van der Waals surface area contributed by atoms with Crippen molar-refractivity contribution in [3.05, 3.63) is 64.9 Å². The summed E-state index contributed by atoms with van der Waals surface area (Å²) in [6.07, 6.45) is 0. The van der Waals surface area contributed by atoms with Gasteiger partial charge in [-0.3, -0.25) is 0 Å². The maximum Gasteiger partial charge on any atom is 0.125 e. The summed E-state index contributed by atoms with van der Waals surface area (Å²) >= 11 is 5.10. The van der Waals surface area contributed by atoms with E-state index in [-0.39, 0.29) is 5.82 Å². The van der Waals surface area contributed by atoms with Gasteiger partial charge in [0.25, 0.3) is 0 Å². The number of benzene rings is 3. The zero-order chi connectivity index (χ0) is 14.4. The summed E-state index contributed by atoms with van der Waals surface area (Å²) in [5.41, 5.74) is 1.92. The lowest BCUT2D eigenvalue weighted by Crippen LogP contribution is -1.81. The first-order valence-corrected chi connectivity index (χ1v) is 8.07. The van der Waals surface area contributed by atoms with Crippen LogP contribution in [0.2, 0.25) is 0 Å². The highest BCUT2D eigenvalue weighted by Crippen LogP contribution is 2.36. The van der Waals surface area contributed by atoms with Gasteiger partial charge in [-0.25, -0.2) is 9.37 Å². The van der Waals surface area contributed by atoms with Crippen molar-refractivity contribution >= 4 is 48.3 Å². The quantitative estimate of drug-likeness (QED) is 0.406. The fourth-order valence-corrected chi connectivity index (χ4v) is 4.00. The molecule has 0 aliphatic rings. The van der Waals surface area contributed by atoms with Crippen LogP contribution in [-0.4, -0.2) is 4.98 Å². The molecule has 4 rings (SSSR count). The molecule has 1 heterocycles. The Balaban J connectivity index is 2.02. The van der Waals surface area contributed by atoms with Gasteiger partial charge in [-0.15, -0.1) is 11.3 Å². The van der Waals surface area contributed by atoms with Crippen LogP contribution in [0.5, 0.6) is 0 Å². The molecule has 1 nitrogen and oxygen atoms in total. The maximum absolute atomic E-state index is 13.3. The second-order valence-electron chi connectivity index (χ2n) is 4.77. The van der Waals surface area contributed by atoms with Gasteiger partial charge in [0.2, 0.25) is 0 Å². The van der Waals surface area contributed by atoms with Gasteiger partial charge in [0.15, 0.2) is 0 Å². The lowest BCUT2D eigenvalue weighted by molar-refractivity contribution is 0.630. The number of rotatable bonds is 1. The fourth-order valence-electron chi connectivity index (χ4n) is 2.47. The minimum absolute atomic E-state index is 0.224. The molecule has 4 aromatic rings. The fraction of sp³-hybridized carbons (Fsp3) is 0. The number of thiazole rings is 1. The summed E-state index contributed by atoms with van der Waals surface area (Å²) < 4.78 is 15.3. The second kappa shape index (κ2) is 4.90. The lowest BCUT2D eigenvalue weighted by atomic mass is 10.1. The number of fused-ring (bicyclic) bond motifs is 2. The van der Waals surface area contributed by atoms with Gasteiger partial charge in [0.05, 0.1) is 10.2 Å². The minimum Gasteiger partial charge on any atom is -0.236 e. The largest absolute Gasteiger partial charge is 0.236 e. The molecule has 0 radical (unpaired) electrons. The molecule has 0 amide bonds. The highest BCUT2D eigenvalue weighted by atomic mass is 79.9. The standard InChI is InChI=1S/C17H9BrFNS/c18-14-6-2-3-11-12(14)4-1-5-13(11)17-20-15-8-7-10(19)9-16(15)21-17/h1-9H. The third-order valence-corrected chi connectivity index (χ3v) is 5.19. The molecule has 0 aliphatic carbocycles. The van der Waals surface area contributed by atoms with E-state index in [2.05, 4.69) is 39.1 Å². The Morgan fingerprint density at radius 1 is 0.952 bits per heavy atom. The van der Waals surface area contributed by atoms with Crippen molar-refractivity contribution in [2.45, 2.75) is 0 Å². The minimum atomic E-state index is -0.224. The number of aromatic nitrogens is 1. The van der Waals surface area contributed by atoms with Crippen molar-refractivity contribution in [3.8, 4) is 10.6 Å². The van der Waals surface area contributed by atoms with Crippen LogP contribution < -0.4 is 0 Å². The van der Waals surface area contributed by atoms with E-state index in [1.165, 1.54) is 23.5 Å². The van der Waals surface area contributed by atoms with E-state index < -0.39 is 0 Å². The topological polar surface area (TPSA) is 12.9 Å². The molecule has 21 heavy (non-hydrogen) atoms. The molecule has 0 saturated heterocycles. The molecule has 3 aromatic carbocycles. The Labute approximate surface area is 133 Å². The van der Waals surface area contributed by atoms with Gasteiger partial charge < -0.3 is 0 Å². The number of hydrogen-bond acceptors (Lipinski definition) is 2. The van der Waals surface area contributed by atoms with Crippen molar-refractivity contribution in [3.63, 3.8) is 0 Å². The molecule has 102 valence electrons. The first-order chi connectivity index (χ1) is 10.2. The van der Waals surface area contributed by atoms with E-state index >= 15 is 0 Å². The van der Waals surface area contributed by atoms with Gasteiger partial charge in [-0.2, -0.15) is 0 Å². The SMILES string of the molecule is Fc1ccc2nc(-c3cccc4c(Br)cccc34)sc2c1. The molecular weight excluding hydrogens is 349 g/mol. The van der Waals surface area contributed by atoms with E-state index in [0.29, 0.717) is 0 Å². The molecular formula is C17H9BrFNS. The molecule has 0 N–H and O–H groups in total. The van der Waals surface area contributed by atoms with Crippen LogP contribution in [-0.2, 0) is 0 Å². The van der Waals surface area contributed by atoms with Crippen LogP contribution in [0.4, 0.5) is 4.39 Å². The van der Waals surface area contributed by atoms with Crippen LogP contribution >= 0.6 is 27.3 Å². The van der Waals surface area contributed by atoms with Crippen molar-refractivity contribution in [1.82, 2.24) is 4.98 Å². The van der Waals surface area contributed by atoms with Crippen LogP contribution in [0, 0.1) is 5.82 Å². The van der Waals surface area contributed by atoms with Gasteiger partial charge >= 0.3 is 0 Å². The van der Waals surface area contributed by atoms with Crippen LogP contribution in [0.3, 0.4) is 0 Å². The summed E-state index contributed by atoms with van der Waals surface area (Å²) in [5, 5.41) is 3.21. The van der Waals surface area contributed by atoms with Crippen LogP contribution in [0.25, 0.3) is 31.6 Å². The predicted molar refractivity (Wildman–Crippen MR) is 90.2 cm³/mol. The molecule has 0 bridgehead atoms. The highest BCUT2D eigenvalue weighted by molar-refractivity contribution is 9.10. The number of hydrogen-bond donors (Lipinski definition) is 0. The average Bonchev–Trinajstić information content (AvgIpc) is 2.90. The Kier molecular flexibility index (Phi) is 3.01. The molecule has 0 atom stereocenters. The van der Waals surface area contributed by atoms with E-state index in [0.717, 1.165) is 36.0 Å². The Hall–Kier alpha value is -1.78. The van der Waals surface area contributed by atoms with Crippen molar-refractivity contribution in [2.24, 2.45) is 0 Å². The zero-order valence-electron chi connectivity index (χ0n) is 10.8. The molecule has 0 aliphatic heterocycles. The summed E-state index contributed by atoms with van der Waals surface area (Å²) in [6.45, 7) is 0.